The van der Waals surface area contributed by atoms with E-state index in [-0.39, 0.29) is 29.6 Å². The van der Waals surface area contributed by atoms with Gasteiger partial charge in [-0.1, -0.05) is 18.2 Å². The van der Waals surface area contributed by atoms with E-state index < -0.39 is 17.7 Å². The molecule has 3 rings (SSSR count). The Labute approximate surface area is 175 Å². The number of aromatic amines is 1. The monoisotopic (exact) mass is 432 g/mol. The Morgan fingerprint density at radius 1 is 1.23 bits per heavy atom. The number of rotatable bonds is 6. The highest BCUT2D eigenvalue weighted by Gasteiger charge is 2.29. The lowest BCUT2D eigenvalue weighted by atomic mass is 10.1. The first-order valence-corrected chi connectivity index (χ1v) is 9.16. The molecule has 1 aromatic carbocycles. The SMILES string of the molecule is CCOC(=O)c1nc(/C=C/c2ccc(C(F)(F)F)cc2)nc(Nc2cc(C)[nH]n2)c1N. The number of carbonyl (C=O) groups is 1. The van der Waals surface area contributed by atoms with Crippen LogP contribution in [0.1, 0.15) is 40.1 Å². The molecular weight excluding hydrogens is 413 g/mol. The van der Waals surface area contributed by atoms with Crippen molar-refractivity contribution in [2.24, 2.45) is 0 Å². The van der Waals surface area contributed by atoms with Crippen LogP contribution in [0.3, 0.4) is 0 Å². The first-order chi connectivity index (χ1) is 14.7. The van der Waals surface area contributed by atoms with Crippen LogP contribution in [-0.2, 0) is 10.9 Å². The number of nitrogens with zero attached hydrogens (tertiary/aromatic N) is 3. The lowest BCUT2D eigenvalue weighted by molar-refractivity contribution is -0.137. The Bertz CT molecular complexity index is 1110. The summed E-state index contributed by atoms with van der Waals surface area (Å²) >= 11 is 0. The highest BCUT2D eigenvalue weighted by molar-refractivity contribution is 5.96. The molecule has 0 atom stereocenters. The minimum absolute atomic E-state index is 0.0224. The maximum atomic E-state index is 12.7. The second-order valence-electron chi connectivity index (χ2n) is 6.43. The average Bonchev–Trinajstić information content (AvgIpc) is 3.13. The number of hydrogen-bond donors (Lipinski definition) is 3. The minimum Gasteiger partial charge on any atom is -0.461 e. The number of esters is 1. The third-order valence-electron chi connectivity index (χ3n) is 4.05. The Kier molecular flexibility index (Phi) is 6.23. The Balaban J connectivity index is 1.94. The number of aryl methyl sites for hydroxylation is 1. The quantitative estimate of drug-likeness (QED) is 0.500. The van der Waals surface area contributed by atoms with Gasteiger partial charge in [0, 0.05) is 11.8 Å². The Hall–Kier alpha value is -3.89. The van der Waals surface area contributed by atoms with Gasteiger partial charge in [-0.3, -0.25) is 5.10 Å². The van der Waals surface area contributed by atoms with Gasteiger partial charge in [-0.15, -0.1) is 0 Å². The summed E-state index contributed by atoms with van der Waals surface area (Å²) in [5.41, 5.74) is 6.42. The summed E-state index contributed by atoms with van der Waals surface area (Å²) in [7, 11) is 0. The van der Waals surface area contributed by atoms with Crippen LogP contribution in [0, 0.1) is 6.92 Å². The fourth-order valence-corrected chi connectivity index (χ4v) is 2.57. The van der Waals surface area contributed by atoms with Gasteiger partial charge in [0.25, 0.3) is 0 Å². The maximum absolute atomic E-state index is 12.7. The van der Waals surface area contributed by atoms with Crippen LogP contribution in [0.4, 0.5) is 30.5 Å². The number of carbonyl (C=O) groups excluding carboxylic acids is 1. The molecule has 0 radical (unpaired) electrons. The molecule has 162 valence electrons. The number of halogens is 3. The standard InChI is InChI=1S/C20H19F3N6O2/c1-3-31-19(30)17-16(24)18(27-15-10-11(2)28-29-15)26-14(25-17)9-6-12-4-7-13(8-5-12)20(21,22)23/h4-10H,3,24H2,1-2H3,(H2,25,26,27,28,29)/b9-6+. The average molecular weight is 432 g/mol. The summed E-state index contributed by atoms with van der Waals surface area (Å²) in [5.74, 6) is -0.0632. The van der Waals surface area contributed by atoms with Crippen molar-refractivity contribution >= 4 is 35.4 Å². The molecule has 8 nitrogen and oxygen atoms in total. The van der Waals surface area contributed by atoms with Gasteiger partial charge in [-0.05, 0) is 37.6 Å². The van der Waals surface area contributed by atoms with E-state index in [2.05, 4.69) is 25.5 Å². The normalized spacial score (nSPS) is 11.6. The molecule has 0 saturated carbocycles. The molecule has 0 aliphatic carbocycles. The van der Waals surface area contributed by atoms with Crippen molar-refractivity contribution < 1.29 is 22.7 Å². The fraction of sp³-hybridized carbons (Fsp3) is 0.200. The number of nitrogens with two attached hydrogens (primary N) is 1. The smallest absolute Gasteiger partial charge is 0.416 e. The summed E-state index contributed by atoms with van der Waals surface area (Å²) in [6, 6.07) is 6.29. The molecule has 0 fully saturated rings. The number of aromatic nitrogens is 4. The molecule has 2 heterocycles. The number of nitrogens with one attached hydrogen (secondary N) is 2. The van der Waals surface area contributed by atoms with Crippen LogP contribution in [0.5, 0.6) is 0 Å². The van der Waals surface area contributed by atoms with Crippen LogP contribution in [0.2, 0.25) is 0 Å². The van der Waals surface area contributed by atoms with Gasteiger partial charge in [0.2, 0.25) is 0 Å². The molecule has 0 spiro atoms. The van der Waals surface area contributed by atoms with Crippen molar-refractivity contribution in [2.45, 2.75) is 20.0 Å². The van der Waals surface area contributed by atoms with E-state index in [0.29, 0.717) is 11.4 Å². The zero-order valence-corrected chi connectivity index (χ0v) is 16.6. The summed E-state index contributed by atoms with van der Waals surface area (Å²) in [4.78, 5) is 20.7. The summed E-state index contributed by atoms with van der Waals surface area (Å²) in [5, 5.41) is 9.70. The summed E-state index contributed by atoms with van der Waals surface area (Å²) in [6.07, 6.45) is -1.45. The molecule has 4 N–H and O–H groups in total. The third-order valence-corrected chi connectivity index (χ3v) is 4.05. The lowest BCUT2D eigenvalue weighted by Crippen LogP contribution is -2.14. The molecule has 0 saturated heterocycles. The molecule has 0 unspecified atom stereocenters. The van der Waals surface area contributed by atoms with Gasteiger partial charge in [-0.2, -0.15) is 18.3 Å². The zero-order valence-electron chi connectivity index (χ0n) is 16.6. The topological polar surface area (TPSA) is 119 Å². The van der Waals surface area contributed by atoms with E-state index in [0.717, 1.165) is 17.8 Å². The van der Waals surface area contributed by atoms with Crippen molar-refractivity contribution in [2.75, 3.05) is 17.7 Å². The van der Waals surface area contributed by atoms with E-state index in [9.17, 15) is 18.0 Å². The van der Waals surface area contributed by atoms with Crippen molar-refractivity contribution in [1.29, 1.82) is 0 Å². The number of alkyl halides is 3. The Morgan fingerprint density at radius 2 is 1.94 bits per heavy atom. The molecule has 3 aromatic rings. The number of anilines is 3. The van der Waals surface area contributed by atoms with Gasteiger partial charge in [-0.25, -0.2) is 14.8 Å². The molecule has 0 aliphatic rings. The van der Waals surface area contributed by atoms with Crippen LogP contribution >= 0.6 is 0 Å². The number of nitrogen functional groups attached to an aromatic ring is 1. The second kappa shape index (κ2) is 8.86. The second-order valence-corrected chi connectivity index (χ2v) is 6.43. The van der Waals surface area contributed by atoms with Crippen molar-refractivity contribution in [3.8, 4) is 0 Å². The summed E-state index contributed by atoms with van der Waals surface area (Å²) in [6.45, 7) is 3.58. The molecule has 0 amide bonds. The van der Waals surface area contributed by atoms with Gasteiger partial charge in [0.15, 0.2) is 23.2 Å². The van der Waals surface area contributed by atoms with E-state index in [1.807, 2.05) is 6.92 Å². The van der Waals surface area contributed by atoms with Crippen LogP contribution in [0.15, 0.2) is 30.3 Å². The van der Waals surface area contributed by atoms with Crippen LogP contribution < -0.4 is 11.1 Å². The number of benzene rings is 1. The van der Waals surface area contributed by atoms with Gasteiger partial charge in [0.05, 0.1) is 12.2 Å². The molecule has 0 aliphatic heterocycles. The van der Waals surface area contributed by atoms with Crippen molar-refractivity contribution in [1.82, 2.24) is 20.2 Å². The predicted octanol–water partition coefficient (Wildman–Crippen LogP) is 4.20. The van der Waals surface area contributed by atoms with E-state index in [1.165, 1.54) is 24.3 Å². The molecule has 31 heavy (non-hydrogen) atoms. The summed E-state index contributed by atoms with van der Waals surface area (Å²) < 4.78 is 43.1. The molecule has 0 bridgehead atoms. The van der Waals surface area contributed by atoms with Gasteiger partial charge in [0.1, 0.15) is 5.69 Å². The molecular formula is C20H19F3N6O2. The third kappa shape index (κ3) is 5.38. The largest absolute Gasteiger partial charge is 0.461 e. The lowest BCUT2D eigenvalue weighted by Gasteiger charge is -2.11. The first-order valence-electron chi connectivity index (χ1n) is 9.16. The van der Waals surface area contributed by atoms with E-state index in [1.54, 1.807) is 13.0 Å². The van der Waals surface area contributed by atoms with Crippen molar-refractivity contribution in [3.63, 3.8) is 0 Å². The maximum Gasteiger partial charge on any atom is 0.416 e. The highest BCUT2D eigenvalue weighted by atomic mass is 19.4. The van der Waals surface area contributed by atoms with Gasteiger partial charge >= 0.3 is 12.1 Å². The molecule has 2 aromatic heterocycles. The highest BCUT2D eigenvalue weighted by Crippen LogP contribution is 2.29. The minimum atomic E-state index is -4.41. The molecule has 11 heteroatoms. The van der Waals surface area contributed by atoms with Gasteiger partial charge < -0.3 is 15.8 Å². The van der Waals surface area contributed by atoms with E-state index in [4.69, 9.17) is 10.5 Å². The number of H-pyrrole nitrogens is 1. The predicted molar refractivity (Wildman–Crippen MR) is 109 cm³/mol. The number of ether oxygens (including phenoxy) is 1. The number of hydrogen-bond acceptors (Lipinski definition) is 7. The van der Waals surface area contributed by atoms with Crippen LogP contribution in [0.25, 0.3) is 12.2 Å². The van der Waals surface area contributed by atoms with E-state index >= 15 is 0 Å². The Morgan fingerprint density at radius 3 is 2.52 bits per heavy atom. The first kappa shape index (κ1) is 21.8. The van der Waals surface area contributed by atoms with Crippen LogP contribution in [-0.4, -0.2) is 32.7 Å². The van der Waals surface area contributed by atoms with Crippen molar-refractivity contribution in [3.05, 3.63) is 58.7 Å². The zero-order chi connectivity index (χ0) is 22.6. The fourth-order valence-electron chi connectivity index (χ4n) is 2.57.